The summed E-state index contributed by atoms with van der Waals surface area (Å²) in [7, 11) is 1.54. The molecule has 0 bridgehead atoms. The largest absolute Gasteiger partial charge is 0.481 e. The van der Waals surface area contributed by atoms with Crippen LogP contribution < -0.4 is 4.74 Å². The zero-order valence-electron chi connectivity index (χ0n) is 16.4. The van der Waals surface area contributed by atoms with E-state index >= 15 is 0 Å². The lowest BCUT2D eigenvalue weighted by Gasteiger charge is -2.31. The quantitative estimate of drug-likeness (QED) is 0.832. The Bertz CT molecular complexity index is 850. The number of likely N-dealkylation sites (tertiary alicyclic amines) is 1. The van der Waals surface area contributed by atoms with Gasteiger partial charge in [0.25, 0.3) is 5.91 Å². The van der Waals surface area contributed by atoms with Crippen molar-refractivity contribution in [1.29, 1.82) is 0 Å². The maximum absolute atomic E-state index is 12.8. The van der Waals surface area contributed by atoms with E-state index in [9.17, 15) is 9.90 Å². The molecule has 150 valence electrons. The Hall–Kier alpha value is -2.52. The molecular formula is C19H26N6O3. The fourth-order valence-corrected chi connectivity index (χ4v) is 4.07. The van der Waals surface area contributed by atoms with E-state index in [-0.39, 0.29) is 18.1 Å². The van der Waals surface area contributed by atoms with Gasteiger partial charge in [-0.3, -0.25) is 9.69 Å². The van der Waals surface area contributed by atoms with Crippen molar-refractivity contribution in [2.45, 2.75) is 51.5 Å². The molecule has 1 N–H and O–H groups in total. The highest BCUT2D eigenvalue weighted by Gasteiger charge is 2.38. The van der Waals surface area contributed by atoms with Crippen molar-refractivity contribution < 1.29 is 14.6 Å². The third kappa shape index (κ3) is 3.35. The monoisotopic (exact) mass is 386 g/mol. The third-order valence-electron chi connectivity index (χ3n) is 5.54. The molecule has 1 amide bonds. The number of ether oxygens (including phenoxy) is 1. The van der Waals surface area contributed by atoms with Crippen molar-refractivity contribution >= 4 is 5.91 Å². The molecule has 4 heterocycles. The summed E-state index contributed by atoms with van der Waals surface area (Å²) in [6.45, 7) is 6.55. The van der Waals surface area contributed by atoms with E-state index in [0.717, 1.165) is 11.6 Å². The Balaban J connectivity index is 1.52. The molecule has 0 aromatic carbocycles. The van der Waals surface area contributed by atoms with Crippen molar-refractivity contribution in [3.05, 3.63) is 35.5 Å². The van der Waals surface area contributed by atoms with Crippen molar-refractivity contribution in [3.8, 4) is 5.88 Å². The number of β-amino-alcohol motifs (C(OH)–C–C–N with tert-alkyl or cyclic N) is 1. The molecule has 0 spiro atoms. The van der Waals surface area contributed by atoms with Crippen LogP contribution in [0.3, 0.4) is 0 Å². The van der Waals surface area contributed by atoms with Gasteiger partial charge in [0.1, 0.15) is 0 Å². The first-order valence-corrected chi connectivity index (χ1v) is 9.63. The molecule has 2 aliphatic heterocycles. The number of pyridine rings is 1. The van der Waals surface area contributed by atoms with E-state index in [1.807, 2.05) is 0 Å². The number of carbonyl (C=O) groups excluding carboxylic acids is 1. The lowest BCUT2D eigenvalue weighted by Crippen LogP contribution is -2.39. The van der Waals surface area contributed by atoms with Gasteiger partial charge in [-0.15, -0.1) is 10.2 Å². The number of hydrogen-bond donors (Lipinski definition) is 1. The normalized spacial score (nSPS) is 22.5. The van der Waals surface area contributed by atoms with Gasteiger partial charge in [0.05, 0.1) is 31.4 Å². The SMILES string of the molecule is COc1ccc(C(=O)N2CCn3c(nnc3[C@@H]3C[C@H](O)CN3C(C)C)C2)cn1. The van der Waals surface area contributed by atoms with Crippen LogP contribution in [-0.4, -0.2) is 72.9 Å². The van der Waals surface area contributed by atoms with E-state index in [1.165, 1.54) is 6.20 Å². The van der Waals surface area contributed by atoms with E-state index in [1.54, 1.807) is 24.1 Å². The second kappa shape index (κ2) is 7.48. The number of carbonyl (C=O) groups is 1. The molecule has 9 nitrogen and oxygen atoms in total. The van der Waals surface area contributed by atoms with Gasteiger partial charge in [-0.05, 0) is 26.3 Å². The Labute approximate surface area is 163 Å². The van der Waals surface area contributed by atoms with E-state index in [4.69, 9.17) is 4.74 Å². The van der Waals surface area contributed by atoms with Crippen molar-refractivity contribution in [2.75, 3.05) is 20.2 Å². The highest BCUT2D eigenvalue weighted by Crippen LogP contribution is 2.33. The van der Waals surface area contributed by atoms with Gasteiger partial charge in [-0.1, -0.05) is 0 Å². The summed E-state index contributed by atoms with van der Waals surface area (Å²) in [5.74, 6) is 2.07. The lowest BCUT2D eigenvalue weighted by molar-refractivity contribution is 0.0703. The maximum Gasteiger partial charge on any atom is 0.255 e. The minimum Gasteiger partial charge on any atom is -0.481 e. The Morgan fingerprint density at radius 3 is 2.79 bits per heavy atom. The van der Waals surface area contributed by atoms with Gasteiger partial charge < -0.3 is 19.3 Å². The van der Waals surface area contributed by atoms with E-state index < -0.39 is 0 Å². The first-order valence-electron chi connectivity index (χ1n) is 9.63. The number of rotatable bonds is 4. The molecule has 1 saturated heterocycles. The van der Waals surface area contributed by atoms with Crippen LogP contribution >= 0.6 is 0 Å². The number of hydrogen-bond acceptors (Lipinski definition) is 7. The average molecular weight is 386 g/mol. The second-order valence-electron chi connectivity index (χ2n) is 7.64. The van der Waals surface area contributed by atoms with E-state index in [0.29, 0.717) is 50.1 Å². The predicted octanol–water partition coefficient (Wildman–Crippen LogP) is 0.854. The van der Waals surface area contributed by atoms with Gasteiger partial charge in [0.2, 0.25) is 5.88 Å². The highest BCUT2D eigenvalue weighted by molar-refractivity contribution is 5.94. The summed E-state index contributed by atoms with van der Waals surface area (Å²) in [5, 5.41) is 18.9. The summed E-state index contributed by atoms with van der Waals surface area (Å²) >= 11 is 0. The molecule has 2 aromatic heterocycles. The molecule has 0 saturated carbocycles. The summed E-state index contributed by atoms with van der Waals surface area (Å²) in [4.78, 5) is 20.9. The second-order valence-corrected chi connectivity index (χ2v) is 7.64. The average Bonchev–Trinajstić information content (AvgIpc) is 3.30. The number of aliphatic hydroxyl groups excluding tert-OH is 1. The summed E-state index contributed by atoms with van der Waals surface area (Å²) in [6, 6.07) is 3.78. The summed E-state index contributed by atoms with van der Waals surface area (Å²) in [5.41, 5.74) is 0.527. The molecule has 0 unspecified atom stereocenters. The first-order chi connectivity index (χ1) is 13.5. The van der Waals surface area contributed by atoms with Gasteiger partial charge in [0, 0.05) is 37.9 Å². The van der Waals surface area contributed by atoms with Crippen LogP contribution in [0.1, 0.15) is 48.3 Å². The van der Waals surface area contributed by atoms with Crippen molar-refractivity contribution in [1.82, 2.24) is 29.5 Å². The third-order valence-corrected chi connectivity index (χ3v) is 5.54. The number of methoxy groups -OCH3 is 1. The molecule has 9 heteroatoms. The fraction of sp³-hybridized carbons (Fsp3) is 0.579. The Morgan fingerprint density at radius 1 is 1.29 bits per heavy atom. The fourth-order valence-electron chi connectivity index (χ4n) is 4.07. The van der Waals surface area contributed by atoms with Crippen LogP contribution in [0, 0.1) is 0 Å². The van der Waals surface area contributed by atoms with Crippen LogP contribution in [0.2, 0.25) is 0 Å². The molecule has 4 rings (SSSR count). The predicted molar refractivity (Wildman–Crippen MR) is 101 cm³/mol. The van der Waals surface area contributed by atoms with Gasteiger partial charge in [-0.2, -0.15) is 0 Å². The minimum atomic E-state index is -0.343. The topological polar surface area (TPSA) is 96.6 Å². The zero-order valence-corrected chi connectivity index (χ0v) is 16.4. The molecule has 0 radical (unpaired) electrons. The molecule has 0 aliphatic carbocycles. The molecule has 1 fully saturated rings. The van der Waals surface area contributed by atoms with Crippen LogP contribution in [-0.2, 0) is 13.1 Å². The van der Waals surface area contributed by atoms with Gasteiger partial charge in [-0.25, -0.2) is 4.98 Å². The Morgan fingerprint density at radius 2 is 2.11 bits per heavy atom. The highest BCUT2D eigenvalue weighted by atomic mass is 16.5. The maximum atomic E-state index is 12.8. The number of fused-ring (bicyclic) bond motifs is 1. The Kier molecular flexibility index (Phi) is 5.03. The van der Waals surface area contributed by atoms with Gasteiger partial charge in [0.15, 0.2) is 11.6 Å². The number of aromatic nitrogens is 4. The van der Waals surface area contributed by atoms with Crippen LogP contribution in [0.15, 0.2) is 18.3 Å². The smallest absolute Gasteiger partial charge is 0.255 e. The van der Waals surface area contributed by atoms with Crippen LogP contribution in [0.5, 0.6) is 5.88 Å². The summed E-state index contributed by atoms with van der Waals surface area (Å²) in [6.07, 6.45) is 1.85. The standard InChI is InChI=1S/C19H26N6O3/c1-12(2)25-10-14(26)8-15(25)18-22-21-16-11-23(6-7-24(16)18)19(27)13-4-5-17(28-3)20-9-13/h4-5,9,12,14-15,26H,6-8,10-11H2,1-3H3/t14-,15-/m0/s1. The molecular weight excluding hydrogens is 360 g/mol. The molecule has 2 atom stereocenters. The summed E-state index contributed by atoms with van der Waals surface area (Å²) < 4.78 is 7.15. The first kappa shape index (κ1) is 18.8. The number of amides is 1. The number of aliphatic hydroxyl groups is 1. The minimum absolute atomic E-state index is 0.0595. The van der Waals surface area contributed by atoms with Crippen molar-refractivity contribution in [3.63, 3.8) is 0 Å². The van der Waals surface area contributed by atoms with Crippen LogP contribution in [0.25, 0.3) is 0 Å². The molecule has 2 aromatic rings. The van der Waals surface area contributed by atoms with Crippen molar-refractivity contribution in [2.24, 2.45) is 0 Å². The van der Waals surface area contributed by atoms with Gasteiger partial charge >= 0.3 is 0 Å². The molecule has 2 aliphatic rings. The lowest BCUT2D eigenvalue weighted by atomic mass is 10.1. The van der Waals surface area contributed by atoms with E-state index in [2.05, 4.69) is 38.5 Å². The number of nitrogens with zero attached hydrogens (tertiary/aromatic N) is 6. The van der Waals surface area contributed by atoms with Crippen LogP contribution in [0.4, 0.5) is 0 Å². The molecule has 28 heavy (non-hydrogen) atoms. The zero-order chi connectivity index (χ0) is 19.8.